The minimum absolute atomic E-state index is 0.0693. The summed E-state index contributed by atoms with van der Waals surface area (Å²) in [5.74, 6) is -0.563. The van der Waals surface area contributed by atoms with E-state index >= 15 is 0 Å². The number of carbonyl (C=O) groups is 2. The zero-order valence-corrected chi connectivity index (χ0v) is 15.6. The number of nitrogens with zero attached hydrogens (tertiary/aromatic N) is 2. The highest BCUT2D eigenvalue weighted by molar-refractivity contribution is 5.95. The molecule has 0 saturated carbocycles. The summed E-state index contributed by atoms with van der Waals surface area (Å²) in [6.07, 6.45) is 0.463. The van der Waals surface area contributed by atoms with Crippen LogP contribution >= 0.6 is 0 Å². The molecule has 9 heteroatoms. The molecular formula is C18H21N3O6. The van der Waals surface area contributed by atoms with Gasteiger partial charge in [-0.15, -0.1) is 0 Å². The van der Waals surface area contributed by atoms with E-state index in [4.69, 9.17) is 9.26 Å². The lowest BCUT2D eigenvalue weighted by Crippen LogP contribution is -2.21. The van der Waals surface area contributed by atoms with Crippen molar-refractivity contribution in [3.63, 3.8) is 0 Å². The quantitative estimate of drug-likeness (QED) is 0.448. The number of nitro groups is 1. The van der Waals surface area contributed by atoms with E-state index in [-0.39, 0.29) is 17.8 Å². The van der Waals surface area contributed by atoms with E-state index in [1.807, 2.05) is 0 Å². The molecule has 0 unspecified atom stereocenters. The third-order valence-electron chi connectivity index (χ3n) is 4.21. The maximum Gasteiger partial charge on any atom is 0.306 e. The van der Waals surface area contributed by atoms with E-state index in [1.54, 1.807) is 27.7 Å². The molecule has 0 aliphatic carbocycles. The van der Waals surface area contributed by atoms with Crippen LogP contribution in [0.4, 0.5) is 11.4 Å². The Bertz CT molecular complexity index is 868. The van der Waals surface area contributed by atoms with Gasteiger partial charge in [0.25, 0.3) is 11.6 Å². The molecule has 9 nitrogen and oxygen atoms in total. The first kappa shape index (κ1) is 20.1. The van der Waals surface area contributed by atoms with Crippen LogP contribution in [0, 0.1) is 37.8 Å². The maximum atomic E-state index is 12.0. The number of hydrogen-bond acceptors (Lipinski definition) is 7. The van der Waals surface area contributed by atoms with Crippen molar-refractivity contribution >= 4 is 23.3 Å². The van der Waals surface area contributed by atoms with Gasteiger partial charge in [-0.3, -0.25) is 19.7 Å². The summed E-state index contributed by atoms with van der Waals surface area (Å²) < 4.78 is 9.96. The van der Waals surface area contributed by atoms with Gasteiger partial charge in [0.2, 0.25) is 0 Å². The van der Waals surface area contributed by atoms with Crippen LogP contribution in [-0.2, 0) is 20.7 Å². The number of carbonyl (C=O) groups excluding carboxylic acids is 2. The Kier molecular flexibility index (Phi) is 6.27. The van der Waals surface area contributed by atoms with E-state index in [2.05, 4.69) is 10.5 Å². The molecule has 0 spiro atoms. The van der Waals surface area contributed by atoms with Crippen LogP contribution in [0.2, 0.25) is 0 Å². The van der Waals surface area contributed by atoms with Gasteiger partial charge in [0.1, 0.15) is 11.4 Å². The van der Waals surface area contributed by atoms with E-state index in [1.165, 1.54) is 12.1 Å². The predicted octanol–water partition coefficient (Wildman–Crippen LogP) is 2.93. The molecular weight excluding hydrogens is 354 g/mol. The number of benzene rings is 1. The van der Waals surface area contributed by atoms with Crippen LogP contribution in [0.25, 0.3) is 0 Å². The third kappa shape index (κ3) is 5.13. The van der Waals surface area contributed by atoms with Gasteiger partial charge in [-0.05, 0) is 51.3 Å². The van der Waals surface area contributed by atoms with Gasteiger partial charge in [-0.1, -0.05) is 5.16 Å². The molecule has 0 aliphatic rings. The first-order chi connectivity index (χ1) is 12.7. The van der Waals surface area contributed by atoms with Gasteiger partial charge in [-0.25, -0.2) is 0 Å². The average molecular weight is 375 g/mol. The number of ether oxygens (including phenoxy) is 1. The highest BCUT2D eigenvalue weighted by atomic mass is 16.6. The number of aryl methyl sites for hydroxylation is 4. The van der Waals surface area contributed by atoms with Gasteiger partial charge in [0.05, 0.1) is 10.6 Å². The van der Waals surface area contributed by atoms with Gasteiger partial charge in [-0.2, -0.15) is 0 Å². The Morgan fingerprint density at radius 3 is 2.48 bits per heavy atom. The Morgan fingerprint density at radius 1 is 1.22 bits per heavy atom. The van der Waals surface area contributed by atoms with Crippen molar-refractivity contribution in [3.05, 3.63) is 50.4 Å². The number of rotatable bonds is 7. The summed E-state index contributed by atoms with van der Waals surface area (Å²) in [6, 6.07) is 2.91. The average Bonchev–Trinajstić information content (AvgIpc) is 2.92. The predicted molar refractivity (Wildman–Crippen MR) is 96.5 cm³/mol. The second-order valence-corrected chi connectivity index (χ2v) is 6.22. The summed E-state index contributed by atoms with van der Waals surface area (Å²) in [4.78, 5) is 34.4. The molecule has 0 saturated heterocycles. The van der Waals surface area contributed by atoms with E-state index in [0.717, 1.165) is 16.7 Å². The van der Waals surface area contributed by atoms with Gasteiger partial charge < -0.3 is 14.6 Å². The molecule has 1 aromatic carbocycles. The molecule has 0 fully saturated rings. The highest BCUT2D eigenvalue weighted by Crippen LogP contribution is 2.27. The minimum Gasteiger partial charge on any atom is -0.456 e. The van der Waals surface area contributed by atoms with Crippen LogP contribution < -0.4 is 5.32 Å². The number of hydrogen-bond donors (Lipinski definition) is 1. The lowest BCUT2D eigenvalue weighted by atomic mass is 10.1. The number of nitro benzene ring substituents is 1. The van der Waals surface area contributed by atoms with Crippen molar-refractivity contribution in [1.82, 2.24) is 5.16 Å². The van der Waals surface area contributed by atoms with Crippen molar-refractivity contribution in [3.8, 4) is 0 Å². The topological polar surface area (TPSA) is 125 Å². The van der Waals surface area contributed by atoms with Crippen molar-refractivity contribution < 1.29 is 23.8 Å². The van der Waals surface area contributed by atoms with Gasteiger partial charge in [0, 0.05) is 18.1 Å². The van der Waals surface area contributed by atoms with Crippen molar-refractivity contribution in [1.29, 1.82) is 0 Å². The molecule has 1 heterocycles. The highest BCUT2D eigenvalue weighted by Gasteiger charge is 2.18. The molecule has 0 aliphatic heterocycles. The zero-order valence-electron chi connectivity index (χ0n) is 15.6. The molecule has 0 atom stereocenters. The largest absolute Gasteiger partial charge is 0.456 e. The normalized spacial score (nSPS) is 10.5. The molecule has 2 aromatic rings. The number of anilines is 1. The molecule has 144 valence electrons. The third-order valence-corrected chi connectivity index (χ3v) is 4.21. The van der Waals surface area contributed by atoms with Crippen LogP contribution in [0.3, 0.4) is 0 Å². The first-order valence-corrected chi connectivity index (χ1v) is 8.32. The van der Waals surface area contributed by atoms with Crippen LogP contribution in [0.5, 0.6) is 0 Å². The van der Waals surface area contributed by atoms with Crippen LogP contribution in [0.1, 0.15) is 34.6 Å². The lowest BCUT2D eigenvalue weighted by Gasteiger charge is -2.09. The van der Waals surface area contributed by atoms with E-state index in [9.17, 15) is 19.7 Å². The van der Waals surface area contributed by atoms with Crippen LogP contribution in [0.15, 0.2) is 16.7 Å². The fourth-order valence-corrected chi connectivity index (χ4v) is 2.54. The molecule has 1 aromatic heterocycles. The maximum absolute atomic E-state index is 12.0. The molecule has 2 rings (SSSR count). The summed E-state index contributed by atoms with van der Waals surface area (Å²) >= 11 is 0. The monoisotopic (exact) mass is 375 g/mol. The number of nitrogens with one attached hydrogen (secondary N) is 1. The second kappa shape index (κ2) is 8.43. The summed E-state index contributed by atoms with van der Waals surface area (Å²) in [7, 11) is 0. The van der Waals surface area contributed by atoms with Gasteiger partial charge in [0.15, 0.2) is 6.61 Å². The number of esters is 1. The Labute approximate surface area is 155 Å². The van der Waals surface area contributed by atoms with Crippen LogP contribution in [-0.4, -0.2) is 28.6 Å². The Balaban J connectivity index is 1.90. The van der Waals surface area contributed by atoms with Gasteiger partial charge >= 0.3 is 5.97 Å². The second-order valence-electron chi connectivity index (χ2n) is 6.22. The fourth-order valence-electron chi connectivity index (χ4n) is 2.54. The number of amides is 1. The zero-order chi connectivity index (χ0) is 20.1. The molecule has 27 heavy (non-hydrogen) atoms. The summed E-state index contributed by atoms with van der Waals surface area (Å²) in [5.41, 5.74) is 2.94. The fraction of sp³-hybridized carbons (Fsp3) is 0.389. The van der Waals surface area contributed by atoms with E-state index < -0.39 is 23.4 Å². The molecule has 1 amide bonds. The molecule has 1 N–H and O–H groups in total. The summed E-state index contributed by atoms with van der Waals surface area (Å²) in [5, 5.41) is 17.4. The van der Waals surface area contributed by atoms with Crippen molar-refractivity contribution in [2.45, 2.75) is 40.5 Å². The summed E-state index contributed by atoms with van der Waals surface area (Å²) in [6.45, 7) is 6.54. The van der Waals surface area contributed by atoms with E-state index in [0.29, 0.717) is 17.9 Å². The molecule has 0 radical (unpaired) electrons. The first-order valence-electron chi connectivity index (χ1n) is 8.32. The number of aromatic nitrogens is 1. The van der Waals surface area contributed by atoms with Crippen molar-refractivity contribution in [2.24, 2.45) is 0 Å². The Hall–Kier alpha value is -3.23. The minimum atomic E-state index is -0.646. The van der Waals surface area contributed by atoms with Crippen molar-refractivity contribution in [2.75, 3.05) is 11.9 Å². The standard InChI is InChI=1S/C18H21N3O6/c1-10-7-15(16(21(24)25)8-11(10)2)19-17(22)9-26-18(23)6-5-14-12(3)20-27-13(14)4/h7-8H,5-6,9H2,1-4H3,(H,19,22). The Morgan fingerprint density at radius 2 is 1.89 bits per heavy atom. The lowest BCUT2D eigenvalue weighted by molar-refractivity contribution is -0.384. The molecule has 0 bridgehead atoms. The SMILES string of the molecule is Cc1cc(NC(=O)COC(=O)CCc2c(C)noc2C)c([N+](=O)[O-])cc1C. The smallest absolute Gasteiger partial charge is 0.306 e.